The van der Waals surface area contributed by atoms with Gasteiger partial charge in [-0.05, 0) is 20.8 Å². The average molecular weight is 187 g/mol. The van der Waals surface area contributed by atoms with Crippen LogP contribution in [0.1, 0.15) is 27.2 Å². The first kappa shape index (κ1) is 12.4. The highest BCUT2D eigenvalue weighted by Crippen LogP contribution is 1.98. The lowest BCUT2D eigenvalue weighted by molar-refractivity contribution is -0.122. The lowest BCUT2D eigenvalue weighted by Crippen LogP contribution is -2.41. The van der Waals surface area contributed by atoms with Crippen molar-refractivity contribution in [3.05, 3.63) is 0 Å². The van der Waals surface area contributed by atoms with Gasteiger partial charge < -0.3 is 16.4 Å². The number of rotatable bonds is 5. The van der Waals surface area contributed by atoms with E-state index in [9.17, 15) is 4.79 Å². The molecule has 4 heteroatoms. The van der Waals surface area contributed by atoms with E-state index in [0.717, 1.165) is 6.54 Å². The summed E-state index contributed by atoms with van der Waals surface area (Å²) >= 11 is 0. The van der Waals surface area contributed by atoms with Crippen molar-refractivity contribution in [2.75, 3.05) is 19.6 Å². The van der Waals surface area contributed by atoms with Gasteiger partial charge in [-0.15, -0.1) is 0 Å². The zero-order valence-corrected chi connectivity index (χ0v) is 8.81. The smallest absolute Gasteiger partial charge is 0.221 e. The lowest BCUT2D eigenvalue weighted by Gasteiger charge is -2.20. The standard InChI is InChI=1S/C9H21N3O/c1-9(2,3)12-8(13)4-6-11-7-5-10/h11H,4-7,10H2,1-3H3,(H,12,13). The van der Waals surface area contributed by atoms with Crippen LogP contribution in [-0.4, -0.2) is 31.1 Å². The van der Waals surface area contributed by atoms with Crippen LogP contribution in [0.4, 0.5) is 0 Å². The molecule has 0 aliphatic carbocycles. The first-order chi connectivity index (χ1) is 5.95. The Labute approximate surface area is 80.3 Å². The minimum absolute atomic E-state index is 0.0806. The van der Waals surface area contributed by atoms with E-state index in [4.69, 9.17) is 5.73 Å². The zero-order chi connectivity index (χ0) is 10.3. The monoisotopic (exact) mass is 187 g/mol. The van der Waals surface area contributed by atoms with Crippen molar-refractivity contribution in [3.8, 4) is 0 Å². The summed E-state index contributed by atoms with van der Waals surface area (Å²) in [5.74, 6) is 0.0806. The zero-order valence-electron chi connectivity index (χ0n) is 8.81. The van der Waals surface area contributed by atoms with Gasteiger partial charge in [-0.1, -0.05) is 0 Å². The lowest BCUT2D eigenvalue weighted by atomic mass is 10.1. The maximum absolute atomic E-state index is 11.2. The third-order valence-corrected chi connectivity index (χ3v) is 1.36. The third-order valence-electron chi connectivity index (χ3n) is 1.36. The van der Waals surface area contributed by atoms with Crippen LogP contribution < -0.4 is 16.4 Å². The average Bonchev–Trinajstić information content (AvgIpc) is 1.94. The molecule has 0 radical (unpaired) electrons. The summed E-state index contributed by atoms with van der Waals surface area (Å²) in [6, 6.07) is 0. The molecule has 0 aliphatic heterocycles. The molecule has 13 heavy (non-hydrogen) atoms. The summed E-state index contributed by atoms with van der Waals surface area (Å²) in [5, 5.41) is 5.95. The molecule has 0 heterocycles. The van der Waals surface area contributed by atoms with E-state index in [1.54, 1.807) is 0 Å². The van der Waals surface area contributed by atoms with Crippen LogP contribution in [0.15, 0.2) is 0 Å². The highest BCUT2D eigenvalue weighted by molar-refractivity contribution is 5.76. The molecule has 0 bridgehead atoms. The van der Waals surface area contributed by atoms with Crippen molar-refractivity contribution >= 4 is 5.91 Å². The van der Waals surface area contributed by atoms with Gasteiger partial charge in [0.15, 0.2) is 0 Å². The van der Waals surface area contributed by atoms with E-state index in [2.05, 4.69) is 10.6 Å². The molecule has 0 aliphatic rings. The van der Waals surface area contributed by atoms with Crippen LogP contribution in [0.25, 0.3) is 0 Å². The van der Waals surface area contributed by atoms with Crippen LogP contribution >= 0.6 is 0 Å². The second-order valence-corrected chi connectivity index (χ2v) is 4.09. The number of hydrogen-bond acceptors (Lipinski definition) is 3. The molecule has 0 saturated carbocycles. The topological polar surface area (TPSA) is 67.2 Å². The Morgan fingerprint density at radius 1 is 1.31 bits per heavy atom. The van der Waals surface area contributed by atoms with Crippen molar-refractivity contribution in [1.82, 2.24) is 10.6 Å². The second kappa shape index (κ2) is 5.94. The molecule has 0 fully saturated rings. The Kier molecular flexibility index (Phi) is 5.66. The molecular weight excluding hydrogens is 166 g/mol. The molecule has 0 saturated heterocycles. The third kappa shape index (κ3) is 9.30. The molecule has 4 N–H and O–H groups in total. The fraction of sp³-hybridized carbons (Fsp3) is 0.889. The maximum Gasteiger partial charge on any atom is 0.221 e. The molecule has 1 amide bonds. The van der Waals surface area contributed by atoms with Gasteiger partial charge in [-0.25, -0.2) is 0 Å². The minimum atomic E-state index is -0.134. The van der Waals surface area contributed by atoms with E-state index >= 15 is 0 Å². The molecular formula is C9H21N3O. The van der Waals surface area contributed by atoms with E-state index in [1.165, 1.54) is 0 Å². The summed E-state index contributed by atoms with van der Waals surface area (Å²) in [6.45, 7) is 7.98. The molecule has 0 spiro atoms. The Morgan fingerprint density at radius 2 is 1.92 bits per heavy atom. The van der Waals surface area contributed by atoms with Crippen molar-refractivity contribution in [2.45, 2.75) is 32.7 Å². The van der Waals surface area contributed by atoms with E-state index < -0.39 is 0 Å². The largest absolute Gasteiger partial charge is 0.351 e. The van der Waals surface area contributed by atoms with Crippen molar-refractivity contribution in [1.29, 1.82) is 0 Å². The molecule has 0 unspecified atom stereocenters. The summed E-state index contributed by atoms with van der Waals surface area (Å²) in [7, 11) is 0. The van der Waals surface area contributed by atoms with E-state index in [-0.39, 0.29) is 11.4 Å². The summed E-state index contributed by atoms with van der Waals surface area (Å²) in [5.41, 5.74) is 5.15. The number of nitrogens with one attached hydrogen (secondary N) is 2. The first-order valence-electron chi connectivity index (χ1n) is 4.67. The quantitative estimate of drug-likeness (QED) is 0.524. The highest BCUT2D eigenvalue weighted by atomic mass is 16.1. The van der Waals surface area contributed by atoms with Gasteiger partial charge in [-0.2, -0.15) is 0 Å². The van der Waals surface area contributed by atoms with Crippen LogP contribution in [0.2, 0.25) is 0 Å². The van der Waals surface area contributed by atoms with Crippen LogP contribution in [0, 0.1) is 0 Å². The van der Waals surface area contributed by atoms with Gasteiger partial charge in [0.25, 0.3) is 0 Å². The van der Waals surface area contributed by atoms with Crippen molar-refractivity contribution in [2.24, 2.45) is 5.73 Å². The van der Waals surface area contributed by atoms with Gasteiger partial charge in [0.1, 0.15) is 0 Å². The van der Waals surface area contributed by atoms with Gasteiger partial charge in [-0.3, -0.25) is 4.79 Å². The SMILES string of the molecule is CC(C)(C)NC(=O)CCNCCN. The van der Waals surface area contributed by atoms with Crippen LogP contribution in [0.3, 0.4) is 0 Å². The summed E-state index contributed by atoms with van der Waals surface area (Å²) in [4.78, 5) is 11.2. The number of nitrogens with two attached hydrogens (primary N) is 1. The van der Waals surface area contributed by atoms with Gasteiger partial charge >= 0.3 is 0 Å². The second-order valence-electron chi connectivity index (χ2n) is 4.09. The molecule has 0 rings (SSSR count). The Bertz CT molecular complexity index is 151. The molecule has 0 aromatic carbocycles. The number of carbonyl (C=O) groups excluding carboxylic acids is 1. The van der Waals surface area contributed by atoms with Gasteiger partial charge in [0.05, 0.1) is 0 Å². The summed E-state index contributed by atoms with van der Waals surface area (Å²) < 4.78 is 0. The highest BCUT2D eigenvalue weighted by Gasteiger charge is 2.12. The predicted molar refractivity (Wildman–Crippen MR) is 54.4 cm³/mol. The summed E-state index contributed by atoms with van der Waals surface area (Å²) in [6.07, 6.45) is 0.511. The minimum Gasteiger partial charge on any atom is -0.351 e. The Hall–Kier alpha value is -0.610. The molecule has 4 nitrogen and oxygen atoms in total. The van der Waals surface area contributed by atoms with Gasteiger partial charge in [0.2, 0.25) is 5.91 Å². The van der Waals surface area contributed by atoms with E-state index in [0.29, 0.717) is 19.5 Å². The number of amides is 1. The fourth-order valence-electron chi connectivity index (χ4n) is 0.910. The first-order valence-corrected chi connectivity index (χ1v) is 4.67. The molecule has 0 atom stereocenters. The Morgan fingerprint density at radius 3 is 2.38 bits per heavy atom. The van der Waals surface area contributed by atoms with E-state index in [1.807, 2.05) is 20.8 Å². The normalized spacial score (nSPS) is 11.4. The number of hydrogen-bond donors (Lipinski definition) is 3. The van der Waals surface area contributed by atoms with Crippen LogP contribution in [-0.2, 0) is 4.79 Å². The van der Waals surface area contributed by atoms with Gasteiger partial charge in [0, 0.05) is 31.6 Å². The van der Waals surface area contributed by atoms with Crippen molar-refractivity contribution < 1.29 is 4.79 Å². The number of carbonyl (C=O) groups is 1. The molecule has 0 aromatic rings. The fourth-order valence-corrected chi connectivity index (χ4v) is 0.910. The maximum atomic E-state index is 11.2. The predicted octanol–water partition coefficient (Wildman–Crippen LogP) is -0.160. The van der Waals surface area contributed by atoms with Crippen LogP contribution in [0.5, 0.6) is 0 Å². The molecule has 78 valence electrons. The Balaban J connectivity index is 3.41. The van der Waals surface area contributed by atoms with Crippen molar-refractivity contribution in [3.63, 3.8) is 0 Å². The molecule has 0 aromatic heterocycles.